The van der Waals surface area contributed by atoms with Crippen molar-refractivity contribution in [3.8, 4) is 5.75 Å². The summed E-state index contributed by atoms with van der Waals surface area (Å²) >= 11 is 0. The van der Waals surface area contributed by atoms with Crippen LogP contribution in [0.3, 0.4) is 0 Å². The number of rotatable bonds is 11. The van der Waals surface area contributed by atoms with Gasteiger partial charge >= 0.3 is 6.09 Å². The fraction of sp³-hybridized carbons (Fsp3) is 0.222. The van der Waals surface area contributed by atoms with Crippen molar-refractivity contribution in [1.82, 2.24) is 10.6 Å². The van der Waals surface area contributed by atoms with E-state index in [0.717, 1.165) is 16.7 Å². The first-order valence-electron chi connectivity index (χ1n) is 11.2. The Bertz CT molecular complexity index is 1120. The minimum absolute atomic E-state index is 0.0616. The molecular formula is C27H29N3O5. The maximum Gasteiger partial charge on any atom is 0.408 e. The van der Waals surface area contributed by atoms with Crippen LogP contribution in [0.2, 0.25) is 0 Å². The summed E-state index contributed by atoms with van der Waals surface area (Å²) in [6.07, 6.45) is -0.361. The number of nitrogens with one attached hydrogen (secondary N) is 2. The molecule has 0 saturated heterocycles. The lowest BCUT2D eigenvalue weighted by Gasteiger charge is -2.22. The largest absolute Gasteiger partial charge is 0.497 e. The number of ether oxygens (including phenoxy) is 2. The molecule has 182 valence electrons. The molecule has 0 bridgehead atoms. The Kier molecular flexibility index (Phi) is 9.24. The van der Waals surface area contributed by atoms with Crippen molar-refractivity contribution in [1.29, 1.82) is 0 Å². The zero-order valence-corrected chi connectivity index (χ0v) is 19.5. The first kappa shape index (κ1) is 25.3. The standard InChI is InChI=1S/C27H29N3O5/c1-34-22-14-8-13-21(15-22)17-23(25(28)31)29-26(32)24(16-19-9-4-2-5-10-19)30-27(33)35-18-20-11-6-3-7-12-20/h2-15,23-24H,16-18H2,1H3,(H2,28,31)(H,29,32)(H,30,33)/t23-,24+/m0/s1. The molecule has 3 amide bonds. The van der Waals surface area contributed by atoms with Gasteiger partial charge in [0.05, 0.1) is 7.11 Å². The molecule has 0 heterocycles. The molecule has 35 heavy (non-hydrogen) atoms. The quantitative estimate of drug-likeness (QED) is 0.394. The van der Waals surface area contributed by atoms with E-state index in [-0.39, 0.29) is 19.4 Å². The Morgan fingerprint density at radius 1 is 0.771 bits per heavy atom. The van der Waals surface area contributed by atoms with Gasteiger partial charge in [0, 0.05) is 12.8 Å². The Balaban J connectivity index is 1.69. The topological polar surface area (TPSA) is 120 Å². The van der Waals surface area contributed by atoms with E-state index >= 15 is 0 Å². The molecule has 0 radical (unpaired) electrons. The molecule has 0 aliphatic carbocycles. The van der Waals surface area contributed by atoms with Gasteiger partial charge in [0.1, 0.15) is 24.4 Å². The smallest absolute Gasteiger partial charge is 0.408 e. The van der Waals surface area contributed by atoms with Crippen molar-refractivity contribution >= 4 is 17.9 Å². The summed E-state index contributed by atoms with van der Waals surface area (Å²) in [6, 6.07) is 23.6. The number of benzene rings is 3. The van der Waals surface area contributed by atoms with Crippen LogP contribution in [0.15, 0.2) is 84.9 Å². The van der Waals surface area contributed by atoms with E-state index in [4.69, 9.17) is 15.2 Å². The second-order valence-electron chi connectivity index (χ2n) is 7.97. The number of primary amides is 1. The highest BCUT2D eigenvalue weighted by Crippen LogP contribution is 2.14. The van der Waals surface area contributed by atoms with Crippen LogP contribution in [0.5, 0.6) is 5.75 Å². The third kappa shape index (κ3) is 8.19. The number of hydrogen-bond donors (Lipinski definition) is 3. The monoisotopic (exact) mass is 475 g/mol. The molecule has 0 aliphatic heterocycles. The van der Waals surface area contributed by atoms with Gasteiger partial charge in [-0.2, -0.15) is 0 Å². The van der Waals surface area contributed by atoms with E-state index in [1.165, 1.54) is 0 Å². The van der Waals surface area contributed by atoms with Crippen LogP contribution in [0, 0.1) is 0 Å². The first-order valence-corrected chi connectivity index (χ1v) is 11.2. The maximum absolute atomic E-state index is 13.2. The number of hydrogen-bond acceptors (Lipinski definition) is 5. The second kappa shape index (κ2) is 12.8. The van der Waals surface area contributed by atoms with Crippen molar-refractivity contribution in [3.63, 3.8) is 0 Å². The van der Waals surface area contributed by atoms with E-state index < -0.39 is 30.0 Å². The lowest BCUT2D eigenvalue weighted by molar-refractivity contribution is -0.128. The number of nitrogens with two attached hydrogens (primary N) is 1. The highest BCUT2D eigenvalue weighted by atomic mass is 16.5. The molecular weight excluding hydrogens is 446 g/mol. The minimum Gasteiger partial charge on any atom is -0.497 e. The number of carbonyl (C=O) groups is 3. The number of methoxy groups -OCH3 is 1. The Hall–Kier alpha value is -4.33. The van der Waals surface area contributed by atoms with Gasteiger partial charge in [-0.15, -0.1) is 0 Å². The molecule has 3 rings (SSSR count). The van der Waals surface area contributed by atoms with Crippen molar-refractivity contribution in [2.75, 3.05) is 7.11 Å². The van der Waals surface area contributed by atoms with Crippen LogP contribution in [-0.4, -0.2) is 37.1 Å². The van der Waals surface area contributed by atoms with Gasteiger partial charge < -0.3 is 25.8 Å². The van der Waals surface area contributed by atoms with Crippen LogP contribution >= 0.6 is 0 Å². The molecule has 0 saturated carbocycles. The van der Waals surface area contributed by atoms with Gasteiger partial charge in [0.25, 0.3) is 0 Å². The Morgan fingerprint density at radius 2 is 1.37 bits per heavy atom. The predicted octanol–water partition coefficient (Wildman–Crippen LogP) is 2.75. The lowest BCUT2D eigenvalue weighted by Crippen LogP contribution is -2.54. The van der Waals surface area contributed by atoms with Crippen LogP contribution in [0.25, 0.3) is 0 Å². The third-order valence-electron chi connectivity index (χ3n) is 5.34. The SMILES string of the molecule is COc1cccc(C[C@H](NC(=O)[C@@H](Cc2ccccc2)NC(=O)OCc2ccccc2)C(N)=O)c1. The van der Waals surface area contributed by atoms with Gasteiger partial charge in [-0.3, -0.25) is 9.59 Å². The summed E-state index contributed by atoms with van der Waals surface area (Å²) in [7, 11) is 1.54. The van der Waals surface area contributed by atoms with E-state index in [1.54, 1.807) is 25.3 Å². The van der Waals surface area contributed by atoms with Crippen LogP contribution < -0.4 is 21.1 Å². The van der Waals surface area contributed by atoms with E-state index in [1.807, 2.05) is 66.7 Å². The minimum atomic E-state index is -0.979. The summed E-state index contributed by atoms with van der Waals surface area (Å²) in [4.78, 5) is 37.8. The van der Waals surface area contributed by atoms with E-state index in [0.29, 0.717) is 5.75 Å². The molecule has 4 N–H and O–H groups in total. The Labute approximate surface area is 204 Å². The molecule has 0 aromatic heterocycles. The summed E-state index contributed by atoms with van der Waals surface area (Å²) in [5.74, 6) is -0.606. The molecule has 0 aliphatic rings. The van der Waals surface area contributed by atoms with Crippen LogP contribution in [0.4, 0.5) is 4.79 Å². The molecule has 0 fully saturated rings. The Morgan fingerprint density at radius 3 is 2.00 bits per heavy atom. The fourth-order valence-electron chi connectivity index (χ4n) is 3.50. The molecule has 8 nitrogen and oxygen atoms in total. The number of carbonyl (C=O) groups excluding carboxylic acids is 3. The van der Waals surface area contributed by atoms with E-state index in [2.05, 4.69) is 10.6 Å². The summed E-state index contributed by atoms with van der Waals surface area (Å²) in [5.41, 5.74) is 7.99. The van der Waals surface area contributed by atoms with Crippen LogP contribution in [0.1, 0.15) is 16.7 Å². The zero-order valence-electron chi connectivity index (χ0n) is 19.5. The average Bonchev–Trinajstić information content (AvgIpc) is 2.88. The molecule has 8 heteroatoms. The number of alkyl carbamates (subject to hydrolysis) is 1. The lowest BCUT2D eigenvalue weighted by atomic mass is 10.0. The zero-order chi connectivity index (χ0) is 25.0. The van der Waals surface area contributed by atoms with E-state index in [9.17, 15) is 14.4 Å². The van der Waals surface area contributed by atoms with Crippen molar-refractivity contribution < 1.29 is 23.9 Å². The summed E-state index contributed by atoms with van der Waals surface area (Å²) in [6.45, 7) is 0.0616. The van der Waals surface area contributed by atoms with Gasteiger partial charge in [-0.25, -0.2) is 4.79 Å². The fourth-order valence-corrected chi connectivity index (χ4v) is 3.50. The van der Waals surface area contributed by atoms with Crippen LogP contribution in [-0.2, 0) is 33.8 Å². The van der Waals surface area contributed by atoms with Gasteiger partial charge in [0.2, 0.25) is 11.8 Å². The molecule has 3 aromatic rings. The highest BCUT2D eigenvalue weighted by molar-refractivity contribution is 5.91. The molecule has 3 aromatic carbocycles. The van der Waals surface area contributed by atoms with Crippen molar-refractivity contribution in [2.45, 2.75) is 31.5 Å². The van der Waals surface area contributed by atoms with Crippen molar-refractivity contribution in [2.24, 2.45) is 5.73 Å². The summed E-state index contributed by atoms with van der Waals surface area (Å²) in [5, 5.41) is 5.29. The van der Waals surface area contributed by atoms with Gasteiger partial charge in [0.15, 0.2) is 0 Å². The highest BCUT2D eigenvalue weighted by Gasteiger charge is 2.27. The number of amides is 3. The summed E-state index contributed by atoms with van der Waals surface area (Å²) < 4.78 is 10.5. The first-order chi connectivity index (χ1) is 16.9. The normalized spacial score (nSPS) is 12.1. The maximum atomic E-state index is 13.2. The molecule has 0 spiro atoms. The van der Waals surface area contributed by atoms with Gasteiger partial charge in [-0.05, 0) is 28.8 Å². The molecule has 0 unspecified atom stereocenters. The second-order valence-corrected chi connectivity index (χ2v) is 7.97. The third-order valence-corrected chi connectivity index (χ3v) is 5.34. The van der Waals surface area contributed by atoms with Gasteiger partial charge in [-0.1, -0.05) is 72.8 Å². The molecule has 2 atom stereocenters. The van der Waals surface area contributed by atoms with Crippen molar-refractivity contribution in [3.05, 3.63) is 102 Å². The average molecular weight is 476 g/mol. The predicted molar refractivity (Wildman–Crippen MR) is 132 cm³/mol.